The van der Waals surface area contributed by atoms with Gasteiger partial charge in [-0.05, 0) is 55.5 Å². The molecule has 0 bridgehead atoms. The van der Waals surface area contributed by atoms with Crippen LogP contribution in [0.4, 0.5) is 0 Å². The Bertz CT molecular complexity index is 554. The van der Waals surface area contributed by atoms with Gasteiger partial charge >= 0.3 is 0 Å². The van der Waals surface area contributed by atoms with Crippen molar-refractivity contribution in [3.05, 3.63) is 29.3 Å². The Morgan fingerprint density at radius 3 is 2.90 bits per heavy atom. The van der Waals surface area contributed by atoms with Gasteiger partial charge in [0.1, 0.15) is 15.6 Å². The predicted molar refractivity (Wildman–Crippen MR) is 81.0 cm³/mol. The van der Waals surface area contributed by atoms with Crippen LogP contribution in [0.25, 0.3) is 0 Å². The molecule has 4 nitrogen and oxygen atoms in total. The normalized spacial score (nSPS) is 18.6. The molecule has 1 unspecified atom stereocenters. The van der Waals surface area contributed by atoms with Crippen molar-refractivity contribution in [2.45, 2.75) is 31.7 Å². The average Bonchev–Trinajstić information content (AvgIpc) is 2.42. The van der Waals surface area contributed by atoms with E-state index in [4.69, 9.17) is 4.74 Å². The van der Waals surface area contributed by atoms with Crippen molar-refractivity contribution in [3.63, 3.8) is 0 Å². The van der Waals surface area contributed by atoms with Crippen LogP contribution in [0.2, 0.25) is 0 Å². The number of fused-ring (bicyclic) bond motifs is 1. The molecule has 0 radical (unpaired) electrons. The third-order valence-electron chi connectivity index (χ3n) is 3.75. The van der Waals surface area contributed by atoms with Crippen molar-refractivity contribution in [2.75, 3.05) is 25.7 Å². The number of nitrogens with one attached hydrogen (secondary N) is 1. The second kappa shape index (κ2) is 6.59. The highest BCUT2D eigenvalue weighted by molar-refractivity contribution is 7.90. The van der Waals surface area contributed by atoms with Crippen LogP contribution in [0.3, 0.4) is 0 Å². The zero-order valence-corrected chi connectivity index (χ0v) is 13.0. The highest BCUT2D eigenvalue weighted by Gasteiger charge is 2.20. The maximum atomic E-state index is 11.1. The van der Waals surface area contributed by atoms with Crippen LogP contribution in [-0.4, -0.2) is 34.1 Å². The van der Waals surface area contributed by atoms with E-state index in [1.54, 1.807) is 7.11 Å². The Kier molecular flexibility index (Phi) is 5.05. The van der Waals surface area contributed by atoms with Gasteiger partial charge in [-0.2, -0.15) is 0 Å². The molecule has 1 aromatic carbocycles. The molecular formula is C15H23NO3S. The maximum Gasteiger partial charge on any atom is 0.147 e. The van der Waals surface area contributed by atoms with Gasteiger partial charge in [-0.3, -0.25) is 0 Å². The monoisotopic (exact) mass is 297 g/mol. The van der Waals surface area contributed by atoms with Gasteiger partial charge in [0.2, 0.25) is 0 Å². The molecule has 0 fully saturated rings. The highest BCUT2D eigenvalue weighted by atomic mass is 32.2. The quantitative estimate of drug-likeness (QED) is 0.817. The predicted octanol–water partition coefficient (Wildman–Crippen LogP) is 2.10. The number of aryl methyl sites for hydroxylation is 1. The molecule has 1 N–H and O–H groups in total. The Morgan fingerprint density at radius 2 is 2.20 bits per heavy atom. The van der Waals surface area contributed by atoms with Crippen molar-refractivity contribution < 1.29 is 13.2 Å². The number of hydrogen-bond donors (Lipinski definition) is 1. The smallest absolute Gasteiger partial charge is 0.147 e. The molecule has 0 aliphatic heterocycles. The number of methoxy groups -OCH3 is 1. The first-order chi connectivity index (χ1) is 9.49. The summed E-state index contributed by atoms with van der Waals surface area (Å²) < 4.78 is 27.5. The van der Waals surface area contributed by atoms with Gasteiger partial charge in [0.15, 0.2) is 0 Å². The molecule has 0 spiro atoms. The number of ether oxygens (including phenoxy) is 1. The third kappa shape index (κ3) is 4.21. The summed E-state index contributed by atoms with van der Waals surface area (Å²) in [6, 6.07) is 6.57. The largest absolute Gasteiger partial charge is 0.497 e. The van der Waals surface area contributed by atoms with Crippen LogP contribution in [0.15, 0.2) is 18.2 Å². The van der Waals surface area contributed by atoms with Gasteiger partial charge in [-0.25, -0.2) is 8.42 Å². The summed E-state index contributed by atoms with van der Waals surface area (Å²) in [6.07, 6.45) is 5.31. The van der Waals surface area contributed by atoms with E-state index in [1.165, 1.54) is 17.4 Å². The maximum absolute atomic E-state index is 11.1. The number of sulfone groups is 1. The van der Waals surface area contributed by atoms with E-state index in [-0.39, 0.29) is 5.75 Å². The molecule has 0 saturated carbocycles. The summed E-state index contributed by atoms with van der Waals surface area (Å²) in [5.41, 5.74) is 2.67. The summed E-state index contributed by atoms with van der Waals surface area (Å²) in [4.78, 5) is 0. The van der Waals surface area contributed by atoms with E-state index in [1.807, 2.05) is 6.07 Å². The fraction of sp³-hybridized carbons (Fsp3) is 0.600. The summed E-state index contributed by atoms with van der Waals surface area (Å²) in [5.74, 6) is 1.16. The molecule has 1 atom stereocenters. The Balaban J connectivity index is 1.95. The van der Waals surface area contributed by atoms with Crippen LogP contribution >= 0.6 is 0 Å². The van der Waals surface area contributed by atoms with Gasteiger partial charge in [-0.15, -0.1) is 0 Å². The van der Waals surface area contributed by atoms with Crippen molar-refractivity contribution in [3.8, 4) is 5.75 Å². The van der Waals surface area contributed by atoms with Gasteiger partial charge in [-0.1, -0.05) is 6.07 Å². The topological polar surface area (TPSA) is 55.4 Å². The first-order valence-corrected chi connectivity index (χ1v) is 9.13. The lowest BCUT2D eigenvalue weighted by Crippen LogP contribution is -2.27. The number of benzene rings is 1. The molecule has 112 valence electrons. The van der Waals surface area contributed by atoms with Crippen LogP contribution < -0.4 is 10.1 Å². The van der Waals surface area contributed by atoms with E-state index in [9.17, 15) is 8.42 Å². The molecule has 1 aliphatic rings. The second-order valence-electron chi connectivity index (χ2n) is 5.45. The van der Waals surface area contributed by atoms with Crippen molar-refractivity contribution in [1.82, 2.24) is 5.32 Å². The summed E-state index contributed by atoms with van der Waals surface area (Å²) in [6.45, 7) is 0.739. The third-order valence-corrected chi connectivity index (χ3v) is 4.78. The molecule has 1 aromatic rings. The Hall–Kier alpha value is -1.07. The van der Waals surface area contributed by atoms with Gasteiger partial charge < -0.3 is 10.1 Å². The molecule has 5 heteroatoms. The molecule has 0 heterocycles. The van der Waals surface area contributed by atoms with Gasteiger partial charge in [0.05, 0.1) is 12.9 Å². The Morgan fingerprint density at radius 1 is 1.40 bits per heavy atom. The molecular weight excluding hydrogens is 274 g/mol. The van der Waals surface area contributed by atoms with Crippen molar-refractivity contribution in [2.24, 2.45) is 0 Å². The molecule has 0 amide bonds. The van der Waals surface area contributed by atoms with E-state index < -0.39 is 9.84 Å². The zero-order valence-electron chi connectivity index (χ0n) is 12.2. The minimum Gasteiger partial charge on any atom is -0.497 e. The van der Waals surface area contributed by atoms with Crippen LogP contribution in [-0.2, 0) is 16.3 Å². The highest BCUT2D eigenvalue weighted by Crippen LogP contribution is 2.32. The lowest BCUT2D eigenvalue weighted by atomic mass is 9.87. The van der Waals surface area contributed by atoms with Crippen LogP contribution in [0.1, 0.15) is 36.4 Å². The molecule has 1 aliphatic carbocycles. The number of hydrogen-bond acceptors (Lipinski definition) is 4. The minimum atomic E-state index is -2.85. The van der Waals surface area contributed by atoms with E-state index >= 15 is 0 Å². The summed E-state index contributed by atoms with van der Waals surface area (Å²) in [7, 11) is -1.17. The molecule has 0 aromatic heterocycles. The lowest BCUT2D eigenvalue weighted by Gasteiger charge is -2.27. The average molecular weight is 297 g/mol. The summed E-state index contributed by atoms with van der Waals surface area (Å²) >= 11 is 0. The van der Waals surface area contributed by atoms with E-state index in [0.29, 0.717) is 12.5 Å². The molecule has 0 saturated heterocycles. The first kappa shape index (κ1) is 15.3. The minimum absolute atomic E-state index is 0.252. The van der Waals surface area contributed by atoms with Gasteiger partial charge in [0, 0.05) is 12.3 Å². The van der Waals surface area contributed by atoms with Crippen molar-refractivity contribution in [1.29, 1.82) is 0 Å². The Labute approximate surface area is 121 Å². The fourth-order valence-corrected chi connectivity index (χ4v) is 3.41. The summed E-state index contributed by atoms with van der Waals surface area (Å²) in [5, 5.41) is 3.48. The van der Waals surface area contributed by atoms with E-state index in [2.05, 4.69) is 17.4 Å². The molecule has 20 heavy (non-hydrogen) atoms. The zero-order chi connectivity index (χ0) is 14.6. The first-order valence-electron chi connectivity index (χ1n) is 7.07. The SMILES string of the molecule is COc1ccc2c(c1)CCCC2NCCCS(C)(=O)=O. The molecule has 2 rings (SSSR count). The van der Waals surface area contributed by atoms with E-state index in [0.717, 1.165) is 31.6 Å². The van der Waals surface area contributed by atoms with Crippen LogP contribution in [0, 0.1) is 0 Å². The number of rotatable bonds is 6. The van der Waals surface area contributed by atoms with Crippen molar-refractivity contribution >= 4 is 9.84 Å². The fourth-order valence-electron chi connectivity index (χ4n) is 2.74. The van der Waals surface area contributed by atoms with Crippen LogP contribution in [0.5, 0.6) is 5.75 Å². The lowest BCUT2D eigenvalue weighted by molar-refractivity contribution is 0.410. The standard InChI is InChI=1S/C15H23NO3S/c1-19-13-7-8-14-12(11-13)5-3-6-15(14)16-9-4-10-20(2,17)18/h7-8,11,15-16H,3-6,9-10H2,1-2H3. The second-order valence-corrected chi connectivity index (χ2v) is 7.71. The van der Waals surface area contributed by atoms with Gasteiger partial charge in [0.25, 0.3) is 0 Å².